The van der Waals surface area contributed by atoms with Crippen molar-refractivity contribution in [2.24, 2.45) is 5.92 Å². The molecule has 64 valence electrons. The van der Waals surface area contributed by atoms with Crippen LogP contribution in [-0.4, -0.2) is 23.4 Å². The average Bonchev–Trinajstić information content (AvgIpc) is 2.32. The number of amides is 1. The molecule has 0 saturated carbocycles. The topological polar surface area (TPSA) is 20.3 Å². The molecular formula is C9H17NO. The molecule has 1 aliphatic heterocycles. The molecule has 0 unspecified atom stereocenters. The predicted octanol–water partition coefficient (Wildman–Crippen LogP) is 1.65. The summed E-state index contributed by atoms with van der Waals surface area (Å²) in [6.07, 6.45) is 2.37. The molecule has 1 aliphatic rings. The minimum absolute atomic E-state index is 0.237. The third kappa shape index (κ3) is 1.73. The van der Waals surface area contributed by atoms with Gasteiger partial charge in [0.1, 0.15) is 0 Å². The maximum atomic E-state index is 11.1. The average molecular weight is 155 g/mol. The van der Waals surface area contributed by atoms with E-state index in [4.69, 9.17) is 0 Å². The smallest absolute Gasteiger partial charge is 0.219 e. The maximum absolute atomic E-state index is 11.1. The Morgan fingerprint density at radius 3 is 2.55 bits per heavy atom. The summed E-state index contributed by atoms with van der Waals surface area (Å²) >= 11 is 0. The molecular weight excluding hydrogens is 138 g/mol. The lowest BCUT2D eigenvalue weighted by Crippen LogP contribution is -2.36. The van der Waals surface area contributed by atoms with Crippen molar-refractivity contribution in [3.05, 3.63) is 0 Å². The van der Waals surface area contributed by atoms with Gasteiger partial charge >= 0.3 is 0 Å². The second kappa shape index (κ2) is 3.24. The van der Waals surface area contributed by atoms with Gasteiger partial charge in [-0.25, -0.2) is 0 Å². The lowest BCUT2D eigenvalue weighted by Gasteiger charge is -2.26. The largest absolute Gasteiger partial charge is 0.340 e. The first kappa shape index (κ1) is 8.57. The highest BCUT2D eigenvalue weighted by Gasteiger charge is 2.28. The van der Waals surface area contributed by atoms with Gasteiger partial charge in [0.2, 0.25) is 5.91 Å². The molecule has 1 fully saturated rings. The molecule has 2 nitrogen and oxygen atoms in total. The van der Waals surface area contributed by atoms with E-state index in [9.17, 15) is 4.79 Å². The van der Waals surface area contributed by atoms with Crippen molar-refractivity contribution in [3.8, 4) is 0 Å². The van der Waals surface area contributed by atoms with Gasteiger partial charge in [0.25, 0.3) is 0 Å². The van der Waals surface area contributed by atoms with E-state index in [2.05, 4.69) is 13.8 Å². The van der Waals surface area contributed by atoms with E-state index in [1.54, 1.807) is 6.92 Å². The highest BCUT2D eigenvalue weighted by molar-refractivity contribution is 5.73. The van der Waals surface area contributed by atoms with E-state index in [0.717, 1.165) is 6.54 Å². The number of nitrogens with zero attached hydrogens (tertiary/aromatic N) is 1. The lowest BCUT2D eigenvalue weighted by atomic mass is 10.0. The fourth-order valence-corrected chi connectivity index (χ4v) is 1.88. The molecule has 0 bridgehead atoms. The van der Waals surface area contributed by atoms with E-state index in [1.165, 1.54) is 12.8 Å². The Kier molecular flexibility index (Phi) is 2.53. The highest BCUT2D eigenvalue weighted by atomic mass is 16.2. The third-order valence-electron chi connectivity index (χ3n) is 2.47. The zero-order chi connectivity index (χ0) is 8.43. The fraction of sp³-hybridized carbons (Fsp3) is 0.889. The summed E-state index contributed by atoms with van der Waals surface area (Å²) in [4.78, 5) is 13.1. The minimum atomic E-state index is 0.237. The first-order valence-electron chi connectivity index (χ1n) is 4.40. The summed E-state index contributed by atoms with van der Waals surface area (Å²) < 4.78 is 0. The van der Waals surface area contributed by atoms with Gasteiger partial charge in [-0.05, 0) is 18.8 Å². The van der Waals surface area contributed by atoms with Crippen molar-refractivity contribution >= 4 is 5.91 Å². The van der Waals surface area contributed by atoms with Crippen LogP contribution in [0.3, 0.4) is 0 Å². The van der Waals surface area contributed by atoms with E-state index < -0.39 is 0 Å². The third-order valence-corrected chi connectivity index (χ3v) is 2.47. The summed E-state index contributed by atoms with van der Waals surface area (Å²) in [6.45, 7) is 7.01. The summed E-state index contributed by atoms with van der Waals surface area (Å²) in [6, 6.07) is 0.507. The number of hydrogen-bond donors (Lipinski definition) is 0. The quantitative estimate of drug-likeness (QED) is 0.564. The SMILES string of the molecule is CC(=O)N1CCC[C@H]1C(C)C. The number of carbonyl (C=O) groups excluding carboxylic acids is 1. The Balaban J connectivity index is 2.58. The molecule has 0 aromatic carbocycles. The Labute approximate surface area is 68.6 Å². The molecule has 0 aromatic rings. The van der Waals surface area contributed by atoms with Gasteiger partial charge in [-0.3, -0.25) is 4.79 Å². The van der Waals surface area contributed by atoms with Gasteiger partial charge in [-0.1, -0.05) is 13.8 Å². The Morgan fingerprint density at radius 2 is 2.18 bits per heavy atom. The van der Waals surface area contributed by atoms with Crippen LogP contribution < -0.4 is 0 Å². The standard InChI is InChI=1S/C9H17NO/c1-7(2)9-5-4-6-10(9)8(3)11/h7,9H,4-6H2,1-3H3/t9-/m0/s1. The van der Waals surface area contributed by atoms with E-state index >= 15 is 0 Å². The Hall–Kier alpha value is -0.530. The number of carbonyl (C=O) groups is 1. The summed E-state index contributed by atoms with van der Waals surface area (Å²) in [5, 5.41) is 0. The van der Waals surface area contributed by atoms with Crippen LogP contribution >= 0.6 is 0 Å². The minimum Gasteiger partial charge on any atom is -0.340 e. The maximum Gasteiger partial charge on any atom is 0.219 e. The molecule has 0 aromatic heterocycles. The normalized spacial score (nSPS) is 24.7. The predicted molar refractivity (Wildman–Crippen MR) is 45.2 cm³/mol. The van der Waals surface area contributed by atoms with Gasteiger partial charge in [0.15, 0.2) is 0 Å². The molecule has 1 atom stereocenters. The van der Waals surface area contributed by atoms with Gasteiger partial charge in [-0.2, -0.15) is 0 Å². The number of hydrogen-bond acceptors (Lipinski definition) is 1. The molecule has 0 radical (unpaired) electrons. The number of likely N-dealkylation sites (tertiary alicyclic amines) is 1. The fourth-order valence-electron chi connectivity index (χ4n) is 1.88. The van der Waals surface area contributed by atoms with E-state index in [0.29, 0.717) is 12.0 Å². The first-order chi connectivity index (χ1) is 5.13. The lowest BCUT2D eigenvalue weighted by molar-refractivity contribution is -0.130. The van der Waals surface area contributed by atoms with E-state index in [-0.39, 0.29) is 5.91 Å². The van der Waals surface area contributed by atoms with Crippen LogP contribution in [0.15, 0.2) is 0 Å². The van der Waals surface area contributed by atoms with Crippen molar-refractivity contribution < 1.29 is 4.79 Å². The second-order valence-electron chi connectivity index (χ2n) is 3.67. The molecule has 0 N–H and O–H groups in total. The first-order valence-corrected chi connectivity index (χ1v) is 4.40. The van der Waals surface area contributed by atoms with Crippen LogP contribution in [-0.2, 0) is 4.79 Å². The molecule has 1 saturated heterocycles. The second-order valence-corrected chi connectivity index (χ2v) is 3.67. The highest BCUT2D eigenvalue weighted by Crippen LogP contribution is 2.23. The monoisotopic (exact) mass is 155 g/mol. The Bertz CT molecular complexity index is 154. The summed E-state index contributed by atoms with van der Waals surface area (Å²) in [5.41, 5.74) is 0. The van der Waals surface area contributed by atoms with Crippen molar-refractivity contribution in [3.63, 3.8) is 0 Å². The van der Waals surface area contributed by atoms with Gasteiger partial charge < -0.3 is 4.90 Å². The zero-order valence-corrected chi connectivity index (χ0v) is 7.63. The van der Waals surface area contributed by atoms with Crippen molar-refractivity contribution in [1.29, 1.82) is 0 Å². The van der Waals surface area contributed by atoms with Crippen LogP contribution in [0.5, 0.6) is 0 Å². The molecule has 11 heavy (non-hydrogen) atoms. The summed E-state index contributed by atoms with van der Waals surface area (Å²) in [5.74, 6) is 0.850. The molecule has 1 amide bonds. The van der Waals surface area contributed by atoms with Crippen LogP contribution in [0.2, 0.25) is 0 Å². The van der Waals surface area contributed by atoms with Crippen molar-refractivity contribution in [2.75, 3.05) is 6.54 Å². The van der Waals surface area contributed by atoms with Gasteiger partial charge in [0, 0.05) is 19.5 Å². The van der Waals surface area contributed by atoms with Gasteiger partial charge in [-0.15, -0.1) is 0 Å². The molecule has 1 heterocycles. The molecule has 0 aliphatic carbocycles. The van der Waals surface area contributed by atoms with Gasteiger partial charge in [0.05, 0.1) is 0 Å². The molecule has 0 spiro atoms. The van der Waals surface area contributed by atoms with Crippen molar-refractivity contribution in [2.45, 2.75) is 39.7 Å². The summed E-state index contributed by atoms with van der Waals surface area (Å²) in [7, 11) is 0. The number of rotatable bonds is 1. The molecule has 1 rings (SSSR count). The zero-order valence-electron chi connectivity index (χ0n) is 7.63. The van der Waals surface area contributed by atoms with Crippen LogP contribution in [0.1, 0.15) is 33.6 Å². The molecule has 2 heteroatoms. The van der Waals surface area contributed by atoms with Crippen LogP contribution in [0, 0.1) is 5.92 Å². The van der Waals surface area contributed by atoms with E-state index in [1.807, 2.05) is 4.90 Å². The van der Waals surface area contributed by atoms with Crippen LogP contribution in [0.25, 0.3) is 0 Å². The van der Waals surface area contributed by atoms with Crippen LogP contribution in [0.4, 0.5) is 0 Å². The van der Waals surface area contributed by atoms with Crippen molar-refractivity contribution in [1.82, 2.24) is 4.90 Å². The Morgan fingerprint density at radius 1 is 1.55 bits per heavy atom.